The van der Waals surface area contributed by atoms with Crippen molar-refractivity contribution in [3.63, 3.8) is 0 Å². The molecule has 2 aromatic rings. The Bertz CT molecular complexity index is 1010. The average molecular weight is 471 g/mol. The fourth-order valence-corrected chi connectivity index (χ4v) is 4.67. The Morgan fingerprint density at radius 2 is 1.62 bits per heavy atom. The molecule has 1 aromatic heterocycles. The number of hydrogen-bond acceptors (Lipinski definition) is 6. The normalized spacial score (nSPS) is 16.9. The van der Waals surface area contributed by atoms with Crippen LogP contribution in [0.25, 0.3) is 0 Å². The SMILES string of the molecule is COc1cccc(OC)c1NC(=O)N1CCC2(CCN(C(=O)CNC(=O)c3ccco3)CC2)C1. The maximum atomic E-state index is 13.0. The lowest BCUT2D eigenvalue weighted by Crippen LogP contribution is -2.48. The third-order valence-corrected chi connectivity index (χ3v) is 6.71. The molecule has 2 fully saturated rings. The van der Waals surface area contributed by atoms with Gasteiger partial charge in [-0.05, 0) is 48.9 Å². The second-order valence-corrected chi connectivity index (χ2v) is 8.68. The molecule has 2 saturated heterocycles. The summed E-state index contributed by atoms with van der Waals surface area (Å²) < 4.78 is 15.8. The number of nitrogens with one attached hydrogen (secondary N) is 2. The van der Waals surface area contributed by atoms with Crippen molar-refractivity contribution in [2.75, 3.05) is 52.3 Å². The summed E-state index contributed by atoms with van der Waals surface area (Å²) in [7, 11) is 3.10. The first-order valence-electron chi connectivity index (χ1n) is 11.3. The number of hydrogen-bond donors (Lipinski definition) is 2. The van der Waals surface area contributed by atoms with Crippen molar-refractivity contribution in [1.29, 1.82) is 0 Å². The summed E-state index contributed by atoms with van der Waals surface area (Å²) in [5.74, 6) is 0.724. The van der Waals surface area contributed by atoms with Crippen LogP contribution in [-0.2, 0) is 4.79 Å². The van der Waals surface area contributed by atoms with E-state index in [0.717, 1.165) is 19.3 Å². The van der Waals surface area contributed by atoms with Crippen LogP contribution in [0.5, 0.6) is 11.5 Å². The number of urea groups is 1. The quantitative estimate of drug-likeness (QED) is 0.671. The fourth-order valence-electron chi connectivity index (χ4n) is 4.67. The average Bonchev–Trinajstić information content (AvgIpc) is 3.54. The van der Waals surface area contributed by atoms with Gasteiger partial charge in [0.15, 0.2) is 5.76 Å². The lowest BCUT2D eigenvalue weighted by Gasteiger charge is -2.39. The highest BCUT2D eigenvalue weighted by Crippen LogP contribution is 2.41. The Labute approximate surface area is 198 Å². The van der Waals surface area contributed by atoms with Gasteiger partial charge in [0.2, 0.25) is 5.91 Å². The molecule has 0 bridgehead atoms. The van der Waals surface area contributed by atoms with Gasteiger partial charge in [0.25, 0.3) is 5.91 Å². The molecule has 182 valence electrons. The molecule has 0 atom stereocenters. The predicted octanol–water partition coefficient (Wildman–Crippen LogP) is 2.57. The van der Waals surface area contributed by atoms with Crippen molar-refractivity contribution in [3.05, 3.63) is 42.4 Å². The van der Waals surface area contributed by atoms with Crippen molar-refractivity contribution >= 4 is 23.5 Å². The number of benzene rings is 1. The molecule has 34 heavy (non-hydrogen) atoms. The molecule has 2 aliphatic rings. The third-order valence-electron chi connectivity index (χ3n) is 6.71. The summed E-state index contributed by atoms with van der Waals surface area (Å²) in [6, 6.07) is 8.32. The lowest BCUT2D eigenvalue weighted by atomic mass is 9.78. The lowest BCUT2D eigenvalue weighted by molar-refractivity contribution is -0.132. The number of carbonyl (C=O) groups excluding carboxylic acids is 3. The summed E-state index contributed by atoms with van der Waals surface area (Å²) in [5.41, 5.74) is 0.506. The fraction of sp³-hybridized carbons (Fsp3) is 0.458. The maximum absolute atomic E-state index is 13.0. The highest BCUT2D eigenvalue weighted by Gasteiger charge is 2.43. The molecule has 0 radical (unpaired) electrons. The van der Waals surface area contributed by atoms with Gasteiger partial charge in [-0.1, -0.05) is 6.07 Å². The Morgan fingerprint density at radius 3 is 2.21 bits per heavy atom. The van der Waals surface area contributed by atoms with Gasteiger partial charge < -0.3 is 34.3 Å². The van der Waals surface area contributed by atoms with Gasteiger partial charge in [0.1, 0.15) is 17.2 Å². The number of carbonyl (C=O) groups is 3. The van der Waals surface area contributed by atoms with E-state index in [2.05, 4.69) is 10.6 Å². The number of para-hydroxylation sites is 1. The second-order valence-electron chi connectivity index (χ2n) is 8.68. The Morgan fingerprint density at radius 1 is 0.971 bits per heavy atom. The van der Waals surface area contributed by atoms with Gasteiger partial charge in [0, 0.05) is 26.2 Å². The van der Waals surface area contributed by atoms with Gasteiger partial charge in [-0.25, -0.2) is 4.79 Å². The number of furan rings is 1. The van der Waals surface area contributed by atoms with Crippen LogP contribution in [0.2, 0.25) is 0 Å². The number of rotatable bonds is 6. The van der Waals surface area contributed by atoms with E-state index in [1.807, 2.05) is 4.90 Å². The molecular formula is C24H30N4O6. The largest absolute Gasteiger partial charge is 0.494 e. The van der Waals surface area contributed by atoms with Gasteiger partial charge in [-0.3, -0.25) is 9.59 Å². The zero-order chi connectivity index (χ0) is 24.1. The summed E-state index contributed by atoms with van der Waals surface area (Å²) >= 11 is 0. The molecule has 3 heterocycles. The van der Waals surface area contributed by atoms with E-state index in [-0.39, 0.29) is 29.7 Å². The first-order valence-corrected chi connectivity index (χ1v) is 11.3. The Kier molecular flexibility index (Phi) is 6.95. The van der Waals surface area contributed by atoms with Crippen molar-refractivity contribution < 1.29 is 28.3 Å². The highest BCUT2D eigenvalue weighted by molar-refractivity contribution is 5.94. The zero-order valence-corrected chi connectivity index (χ0v) is 19.5. The van der Waals surface area contributed by atoms with E-state index < -0.39 is 5.91 Å². The van der Waals surface area contributed by atoms with E-state index in [9.17, 15) is 14.4 Å². The number of ether oxygens (including phenoxy) is 2. The molecule has 0 aliphatic carbocycles. The van der Waals surface area contributed by atoms with Crippen LogP contribution in [-0.4, -0.2) is 74.6 Å². The minimum Gasteiger partial charge on any atom is -0.494 e. The molecule has 4 rings (SSSR count). The summed E-state index contributed by atoms with van der Waals surface area (Å²) in [5, 5.41) is 5.54. The van der Waals surface area contributed by atoms with E-state index in [1.54, 1.807) is 49.5 Å². The second kappa shape index (κ2) is 10.1. The van der Waals surface area contributed by atoms with E-state index >= 15 is 0 Å². The van der Waals surface area contributed by atoms with Gasteiger partial charge in [-0.2, -0.15) is 0 Å². The van der Waals surface area contributed by atoms with Crippen LogP contribution >= 0.6 is 0 Å². The standard InChI is InChI=1S/C24H30N4O6/c1-32-17-5-3-6-18(33-2)21(17)26-23(31)28-13-10-24(16-28)8-11-27(12-9-24)20(29)15-25-22(30)19-7-4-14-34-19/h3-7,14H,8-13,15-16H2,1-2H3,(H,25,30)(H,26,31). The number of likely N-dealkylation sites (tertiary alicyclic amines) is 2. The molecule has 0 unspecified atom stereocenters. The molecule has 10 heteroatoms. The minimum absolute atomic E-state index is 0.00357. The maximum Gasteiger partial charge on any atom is 0.322 e. The van der Waals surface area contributed by atoms with Gasteiger partial charge >= 0.3 is 6.03 Å². The molecule has 0 saturated carbocycles. The van der Waals surface area contributed by atoms with Crippen LogP contribution in [0.1, 0.15) is 29.8 Å². The first-order chi connectivity index (χ1) is 16.4. The van der Waals surface area contributed by atoms with Crippen LogP contribution in [0.3, 0.4) is 0 Å². The monoisotopic (exact) mass is 470 g/mol. The van der Waals surface area contributed by atoms with Gasteiger partial charge in [-0.15, -0.1) is 0 Å². The predicted molar refractivity (Wildman–Crippen MR) is 124 cm³/mol. The number of methoxy groups -OCH3 is 2. The van der Waals surface area contributed by atoms with E-state index in [1.165, 1.54) is 6.26 Å². The summed E-state index contributed by atoms with van der Waals surface area (Å²) in [6.07, 6.45) is 3.93. The van der Waals surface area contributed by atoms with Crippen LogP contribution in [0, 0.1) is 5.41 Å². The van der Waals surface area contributed by atoms with Crippen molar-refractivity contribution in [1.82, 2.24) is 15.1 Å². The number of anilines is 1. The Balaban J connectivity index is 1.28. The smallest absolute Gasteiger partial charge is 0.322 e. The van der Waals surface area contributed by atoms with E-state index in [0.29, 0.717) is 43.4 Å². The molecular weight excluding hydrogens is 440 g/mol. The number of piperidine rings is 1. The number of nitrogens with zero attached hydrogens (tertiary/aromatic N) is 2. The molecule has 10 nitrogen and oxygen atoms in total. The van der Waals surface area contributed by atoms with Gasteiger partial charge in [0.05, 0.1) is 27.0 Å². The molecule has 2 N–H and O–H groups in total. The molecule has 4 amide bonds. The van der Waals surface area contributed by atoms with Crippen molar-refractivity contribution in [2.45, 2.75) is 19.3 Å². The first kappa shape index (κ1) is 23.5. The molecule has 1 spiro atoms. The van der Waals surface area contributed by atoms with Crippen LogP contribution in [0.4, 0.5) is 10.5 Å². The summed E-state index contributed by atoms with van der Waals surface area (Å²) in [4.78, 5) is 41.1. The minimum atomic E-state index is -0.407. The summed E-state index contributed by atoms with van der Waals surface area (Å²) in [6.45, 7) is 2.42. The van der Waals surface area contributed by atoms with Crippen LogP contribution in [0.15, 0.2) is 41.0 Å². The number of amides is 4. The highest BCUT2D eigenvalue weighted by atomic mass is 16.5. The van der Waals surface area contributed by atoms with Crippen molar-refractivity contribution in [3.8, 4) is 11.5 Å². The Hall–Kier alpha value is -3.69. The third kappa shape index (κ3) is 4.95. The van der Waals surface area contributed by atoms with Crippen molar-refractivity contribution in [2.24, 2.45) is 5.41 Å². The van der Waals surface area contributed by atoms with Crippen LogP contribution < -0.4 is 20.1 Å². The zero-order valence-electron chi connectivity index (χ0n) is 19.5. The van der Waals surface area contributed by atoms with E-state index in [4.69, 9.17) is 13.9 Å². The topological polar surface area (TPSA) is 113 Å². The molecule has 1 aromatic carbocycles. The molecule has 2 aliphatic heterocycles.